The van der Waals surface area contributed by atoms with Crippen molar-refractivity contribution in [2.24, 2.45) is 0 Å². The van der Waals surface area contributed by atoms with Crippen molar-refractivity contribution in [2.75, 3.05) is 11.9 Å². The molecule has 1 heterocycles. The number of halogens is 3. The first-order valence-corrected chi connectivity index (χ1v) is 8.08. The molecule has 6 heteroatoms. The minimum absolute atomic E-state index is 0.531. The zero-order chi connectivity index (χ0) is 14.5. The third-order valence-electron chi connectivity index (χ3n) is 2.47. The number of pyridine rings is 1. The van der Waals surface area contributed by atoms with Gasteiger partial charge in [-0.05, 0) is 36.8 Å². The van der Waals surface area contributed by atoms with Crippen LogP contribution in [-0.2, 0) is 0 Å². The van der Waals surface area contributed by atoms with E-state index in [2.05, 4.69) is 17.2 Å². The normalized spacial score (nSPS) is 10.6. The molecule has 0 saturated heterocycles. The summed E-state index contributed by atoms with van der Waals surface area (Å²) in [7, 11) is 0. The molecular formula is C14H13Cl3N2S. The van der Waals surface area contributed by atoms with E-state index in [1.54, 1.807) is 6.07 Å². The molecule has 0 aliphatic heterocycles. The SMILES string of the molecule is CCCNc1nc(Sc2ccc(Cl)cc2)c(Cl)cc1Cl. The van der Waals surface area contributed by atoms with E-state index in [0.29, 0.717) is 20.9 Å². The monoisotopic (exact) mass is 346 g/mol. The van der Waals surface area contributed by atoms with Crippen molar-refractivity contribution >= 4 is 52.4 Å². The lowest BCUT2D eigenvalue weighted by atomic mass is 10.4. The van der Waals surface area contributed by atoms with Gasteiger partial charge in [0.25, 0.3) is 0 Å². The highest BCUT2D eigenvalue weighted by molar-refractivity contribution is 7.99. The molecule has 2 nitrogen and oxygen atoms in total. The molecule has 1 aromatic carbocycles. The molecule has 0 aliphatic carbocycles. The van der Waals surface area contributed by atoms with E-state index in [0.717, 1.165) is 22.9 Å². The summed E-state index contributed by atoms with van der Waals surface area (Å²) >= 11 is 19.7. The van der Waals surface area contributed by atoms with Crippen LogP contribution in [0.4, 0.5) is 5.82 Å². The lowest BCUT2D eigenvalue weighted by Crippen LogP contribution is -2.03. The van der Waals surface area contributed by atoms with Crippen LogP contribution >= 0.6 is 46.6 Å². The second kappa shape index (κ2) is 7.41. The average molecular weight is 348 g/mol. The molecule has 0 fully saturated rings. The maximum Gasteiger partial charge on any atom is 0.146 e. The fraction of sp³-hybridized carbons (Fsp3) is 0.214. The van der Waals surface area contributed by atoms with E-state index in [4.69, 9.17) is 34.8 Å². The first-order chi connectivity index (χ1) is 9.60. The van der Waals surface area contributed by atoms with Gasteiger partial charge in [-0.2, -0.15) is 0 Å². The third kappa shape index (κ3) is 4.19. The van der Waals surface area contributed by atoms with Crippen molar-refractivity contribution in [1.29, 1.82) is 0 Å². The Bertz CT molecular complexity index is 588. The minimum atomic E-state index is 0.531. The van der Waals surface area contributed by atoms with Crippen molar-refractivity contribution < 1.29 is 0 Å². The van der Waals surface area contributed by atoms with Crippen LogP contribution in [0.25, 0.3) is 0 Å². The van der Waals surface area contributed by atoms with Gasteiger partial charge in [0.1, 0.15) is 10.8 Å². The third-order valence-corrected chi connectivity index (χ3v) is 4.42. The van der Waals surface area contributed by atoms with Crippen LogP contribution in [-0.4, -0.2) is 11.5 Å². The van der Waals surface area contributed by atoms with Gasteiger partial charge >= 0.3 is 0 Å². The van der Waals surface area contributed by atoms with Crippen molar-refractivity contribution in [3.05, 3.63) is 45.4 Å². The summed E-state index contributed by atoms with van der Waals surface area (Å²) in [5.41, 5.74) is 0. The molecule has 0 amide bonds. The molecule has 20 heavy (non-hydrogen) atoms. The zero-order valence-corrected chi connectivity index (χ0v) is 13.9. The van der Waals surface area contributed by atoms with E-state index in [1.807, 2.05) is 24.3 Å². The highest BCUT2D eigenvalue weighted by Crippen LogP contribution is 2.36. The van der Waals surface area contributed by atoms with Gasteiger partial charge in [0.2, 0.25) is 0 Å². The molecule has 0 unspecified atom stereocenters. The number of nitrogens with zero attached hydrogens (tertiary/aromatic N) is 1. The van der Waals surface area contributed by atoms with E-state index >= 15 is 0 Å². The van der Waals surface area contributed by atoms with Crippen LogP contribution in [0.2, 0.25) is 15.1 Å². The summed E-state index contributed by atoms with van der Waals surface area (Å²) in [6, 6.07) is 9.25. The van der Waals surface area contributed by atoms with Crippen molar-refractivity contribution in [3.63, 3.8) is 0 Å². The largest absolute Gasteiger partial charge is 0.369 e. The number of anilines is 1. The van der Waals surface area contributed by atoms with Gasteiger partial charge in [-0.25, -0.2) is 4.98 Å². The molecule has 0 aliphatic rings. The number of hydrogen-bond donors (Lipinski definition) is 1. The first-order valence-electron chi connectivity index (χ1n) is 6.13. The number of nitrogens with one attached hydrogen (secondary N) is 1. The predicted molar refractivity (Wildman–Crippen MR) is 88.6 cm³/mol. The van der Waals surface area contributed by atoms with Gasteiger partial charge in [-0.3, -0.25) is 0 Å². The molecule has 106 valence electrons. The number of hydrogen-bond acceptors (Lipinski definition) is 3. The van der Waals surface area contributed by atoms with Crippen LogP contribution in [0.5, 0.6) is 0 Å². The minimum Gasteiger partial charge on any atom is -0.369 e. The smallest absolute Gasteiger partial charge is 0.146 e. The van der Waals surface area contributed by atoms with Crippen LogP contribution in [0.1, 0.15) is 13.3 Å². The zero-order valence-electron chi connectivity index (χ0n) is 10.8. The lowest BCUT2D eigenvalue weighted by molar-refractivity contribution is 0.960. The van der Waals surface area contributed by atoms with Gasteiger partial charge in [0, 0.05) is 16.5 Å². The topological polar surface area (TPSA) is 24.9 Å². The van der Waals surface area contributed by atoms with Crippen LogP contribution < -0.4 is 5.32 Å². The molecule has 1 aromatic heterocycles. The molecular weight excluding hydrogens is 335 g/mol. The summed E-state index contributed by atoms with van der Waals surface area (Å²) in [5.74, 6) is 0.661. The summed E-state index contributed by atoms with van der Waals surface area (Å²) in [5, 5.41) is 5.68. The standard InChI is InChI=1S/C14H13Cl3N2S/c1-2-7-18-13-11(16)8-12(17)14(19-13)20-10-5-3-9(15)4-6-10/h3-6,8H,2,7H2,1H3,(H,18,19). The Labute approximate surface area is 137 Å². The Kier molecular flexibility index (Phi) is 5.85. The highest BCUT2D eigenvalue weighted by atomic mass is 35.5. The molecule has 0 atom stereocenters. The Morgan fingerprint density at radius 1 is 1.10 bits per heavy atom. The predicted octanol–water partition coefficient (Wildman–Crippen LogP) is 6.01. The molecule has 0 bridgehead atoms. The molecule has 0 spiro atoms. The van der Waals surface area contributed by atoms with Crippen molar-refractivity contribution in [2.45, 2.75) is 23.3 Å². The average Bonchev–Trinajstić information content (AvgIpc) is 2.43. The summed E-state index contributed by atoms with van der Waals surface area (Å²) in [6.45, 7) is 2.90. The maximum absolute atomic E-state index is 6.20. The molecule has 2 aromatic rings. The summed E-state index contributed by atoms with van der Waals surface area (Å²) in [4.78, 5) is 5.50. The van der Waals surface area contributed by atoms with Gasteiger partial charge in [0.05, 0.1) is 10.0 Å². The fourth-order valence-electron chi connectivity index (χ4n) is 1.50. The Morgan fingerprint density at radius 2 is 1.80 bits per heavy atom. The summed E-state index contributed by atoms with van der Waals surface area (Å²) < 4.78 is 0. The van der Waals surface area contributed by atoms with Gasteiger partial charge < -0.3 is 5.32 Å². The summed E-state index contributed by atoms with van der Waals surface area (Å²) in [6.07, 6.45) is 1.00. The lowest BCUT2D eigenvalue weighted by Gasteiger charge is -2.10. The van der Waals surface area contributed by atoms with Crippen molar-refractivity contribution in [1.82, 2.24) is 4.98 Å². The Morgan fingerprint density at radius 3 is 2.45 bits per heavy atom. The van der Waals surface area contributed by atoms with E-state index in [1.165, 1.54) is 11.8 Å². The highest BCUT2D eigenvalue weighted by Gasteiger charge is 2.10. The maximum atomic E-state index is 6.20. The van der Waals surface area contributed by atoms with Crippen LogP contribution in [0.15, 0.2) is 40.3 Å². The fourth-order valence-corrected chi connectivity index (χ4v) is 2.96. The second-order valence-electron chi connectivity index (χ2n) is 4.09. The molecule has 0 radical (unpaired) electrons. The first kappa shape index (κ1) is 15.8. The number of aromatic nitrogens is 1. The second-order valence-corrected chi connectivity index (χ2v) is 6.40. The van der Waals surface area contributed by atoms with Crippen LogP contribution in [0.3, 0.4) is 0 Å². The molecule has 2 rings (SSSR count). The van der Waals surface area contributed by atoms with Crippen molar-refractivity contribution in [3.8, 4) is 0 Å². The van der Waals surface area contributed by atoms with Gasteiger partial charge in [-0.1, -0.05) is 53.5 Å². The Balaban J connectivity index is 2.24. The number of benzene rings is 1. The van der Waals surface area contributed by atoms with Gasteiger partial charge in [-0.15, -0.1) is 0 Å². The van der Waals surface area contributed by atoms with E-state index in [-0.39, 0.29) is 0 Å². The van der Waals surface area contributed by atoms with Gasteiger partial charge in [0.15, 0.2) is 0 Å². The number of rotatable bonds is 5. The molecule has 1 N–H and O–H groups in total. The van der Waals surface area contributed by atoms with Crippen LogP contribution in [0, 0.1) is 0 Å². The van der Waals surface area contributed by atoms with E-state index < -0.39 is 0 Å². The Hall–Kier alpha value is -0.610. The molecule has 0 saturated carbocycles. The van der Waals surface area contributed by atoms with E-state index in [9.17, 15) is 0 Å². The quantitative estimate of drug-likeness (QED) is 0.716.